The lowest BCUT2D eigenvalue weighted by Gasteiger charge is -2.14. The van der Waals surface area contributed by atoms with Crippen molar-refractivity contribution < 1.29 is 19.0 Å². The summed E-state index contributed by atoms with van der Waals surface area (Å²) in [7, 11) is 0. The third-order valence-corrected chi connectivity index (χ3v) is 5.62. The largest absolute Gasteiger partial charge is 0.463 e. The fourth-order valence-electron chi connectivity index (χ4n) is 3.89. The number of hydrogen-bond donors (Lipinski definition) is 1. The molecule has 164 valence electrons. The van der Waals surface area contributed by atoms with Gasteiger partial charge in [0, 0.05) is 22.9 Å². The molecule has 4 rings (SSSR count). The summed E-state index contributed by atoms with van der Waals surface area (Å²) >= 11 is 6.24. The number of rotatable bonds is 5. The van der Waals surface area contributed by atoms with E-state index in [2.05, 4.69) is 4.98 Å². The predicted octanol–water partition coefficient (Wildman–Crippen LogP) is 4.36. The number of aliphatic hydroxyl groups excluding tert-OH is 1. The zero-order valence-electron chi connectivity index (χ0n) is 17.8. The van der Waals surface area contributed by atoms with Crippen molar-refractivity contribution in [2.45, 2.75) is 52.8 Å². The molecule has 0 fully saturated rings. The number of hydrogen-bond acceptors (Lipinski definition) is 5. The van der Waals surface area contributed by atoms with Gasteiger partial charge in [0.25, 0.3) is 12.0 Å². The molecule has 31 heavy (non-hydrogen) atoms. The van der Waals surface area contributed by atoms with E-state index in [-0.39, 0.29) is 42.4 Å². The smallest absolute Gasteiger partial charge is 0.293 e. The molecule has 3 aromatic rings. The van der Waals surface area contributed by atoms with Gasteiger partial charge in [-0.3, -0.25) is 9.59 Å². The fourth-order valence-corrected chi connectivity index (χ4v) is 4.19. The van der Waals surface area contributed by atoms with Crippen LogP contribution in [0, 0.1) is 12.7 Å². The lowest BCUT2D eigenvalue weighted by Crippen LogP contribution is -2.26. The Kier molecular flexibility index (Phi) is 6.77. The Morgan fingerprint density at radius 3 is 2.65 bits per heavy atom. The van der Waals surface area contributed by atoms with Crippen molar-refractivity contribution in [3.8, 4) is 11.4 Å². The lowest BCUT2D eigenvalue weighted by molar-refractivity contribution is -0.129. The van der Waals surface area contributed by atoms with Crippen LogP contribution >= 0.6 is 11.6 Å². The van der Waals surface area contributed by atoms with Crippen LogP contribution in [0.1, 0.15) is 54.7 Å². The summed E-state index contributed by atoms with van der Waals surface area (Å²) in [5, 5.41) is 10.9. The van der Waals surface area contributed by atoms with E-state index < -0.39 is 6.10 Å². The number of alkyl halides is 1. The number of ether oxygens (including phenoxy) is 1. The van der Waals surface area contributed by atoms with Gasteiger partial charge in [-0.25, -0.2) is 9.37 Å². The summed E-state index contributed by atoms with van der Waals surface area (Å²) in [5.74, 6) is -0.189. The second-order valence-electron chi connectivity index (χ2n) is 7.11. The van der Waals surface area contributed by atoms with Crippen LogP contribution in [-0.4, -0.2) is 21.1 Å². The Bertz CT molecular complexity index is 1220. The molecule has 1 aromatic carbocycles. The van der Waals surface area contributed by atoms with Gasteiger partial charge in [0.15, 0.2) is 0 Å². The van der Waals surface area contributed by atoms with Gasteiger partial charge in [0.1, 0.15) is 12.4 Å². The summed E-state index contributed by atoms with van der Waals surface area (Å²) in [6.07, 6.45) is -0.948. The van der Waals surface area contributed by atoms with Gasteiger partial charge in [0.05, 0.1) is 35.1 Å². The van der Waals surface area contributed by atoms with Crippen molar-refractivity contribution >= 4 is 29.0 Å². The number of benzene rings is 1. The van der Waals surface area contributed by atoms with Gasteiger partial charge >= 0.3 is 0 Å². The van der Waals surface area contributed by atoms with Crippen molar-refractivity contribution in [1.29, 1.82) is 0 Å². The molecule has 1 atom stereocenters. The van der Waals surface area contributed by atoms with Gasteiger partial charge < -0.3 is 14.4 Å². The molecule has 1 aliphatic rings. The van der Waals surface area contributed by atoms with Crippen molar-refractivity contribution in [2.75, 3.05) is 0 Å². The van der Waals surface area contributed by atoms with Crippen LogP contribution < -0.4 is 5.56 Å². The van der Waals surface area contributed by atoms with Gasteiger partial charge in [0.2, 0.25) is 0 Å². The molecule has 0 spiro atoms. The molecule has 0 aliphatic carbocycles. The van der Waals surface area contributed by atoms with Crippen LogP contribution in [0.4, 0.5) is 4.39 Å². The quantitative estimate of drug-likeness (QED) is 0.364. The fraction of sp³-hybridized carbons (Fsp3) is 0.348. The molecule has 6 nitrogen and oxygen atoms in total. The Hall–Kier alpha value is -2.77. The minimum Gasteiger partial charge on any atom is -0.463 e. The molecule has 3 heterocycles. The maximum atomic E-state index is 14.1. The zero-order chi connectivity index (χ0) is 22.9. The van der Waals surface area contributed by atoms with E-state index in [1.807, 2.05) is 13.8 Å². The Labute approximate surface area is 184 Å². The van der Waals surface area contributed by atoms with Crippen LogP contribution in [0.2, 0.25) is 0 Å². The summed E-state index contributed by atoms with van der Waals surface area (Å²) in [5.41, 5.74) is 3.79. The van der Waals surface area contributed by atoms with Crippen molar-refractivity contribution in [3.05, 3.63) is 62.2 Å². The third-order valence-electron chi connectivity index (χ3n) is 5.36. The van der Waals surface area contributed by atoms with E-state index in [0.717, 1.165) is 16.5 Å². The number of nitrogens with zero attached hydrogens (tertiary/aromatic N) is 2. The van der Waals surface area contributed by atoms with E-state index in [1.54, 1.807) is 19.1 Å². The number of aromatic nitrogens is 2. The molecule has 0 amide bonds. The average Bonchev–Trinajstić information content (AvgIpc) is 3.12. The van der Waals surface area contributed by atoms with Crippen molar-refractivity contribution in [3.63, 3.8) is 0 Å². The number of aliphatic hydroxyl groups is 1. The zero-order valence-corrected chi connectivity index (χ0v) is 18.6. The molecule has 8 heteroatoms. The van der Waals surface area contributed by atoms with Crippen LogP contribution in [0.5, 0.6) is 0 Å². The first-order valence-electron chi connectivity index (χ1n) is 10.0. The minimum atomic E-state index is -0.948. The van der Waals surface area contributed by atoms with E-state index in [0.29, 0.717) is 28.0 Å². The first kappa shape index (κ1) is 22.9. The SMILES string of the molecule is CC.Cc1cc2c(CCl)c3c(nc2cc1F)-c1cc(C(C)O)c(COC=O)c(=O)n1C3. The Morgan fingerprint density at radius 2 is 2.03 bits per heavy atom. The number of aryl methyl sites for hydroxylation is 1. The highest BCUT2D eigenvalue weighted by Gasteiger charge is 2.29. The maximum Gasteiger partial charge on any atom is 0.293 e. The highest BCUT2D eigenvalue weighted by atomic mass is 35.5. The molecule has 0 saturated heterocycles. The molecule has 0 saturated carbocycles. The molecular formula is C23H24ClFN2O4. The van der Waals surface area contributed by atoms with Crippen molar-refractivity contribution in [2.24, 2.45) is 0 Å². The second-order valence-corrected chi connectivity index (χ2v) is 7.37. The van der Waals surface area contributed by atoms with E-state index >= 15 is 0 Å². The lowest BCUT2D eigenvalue weighted by atomic mass is 9.99. The van der Waals surface area contributed by atoms with Crippen LogP contribution in [0.25, 0.3) is 22.3 Å². The maximum absolute atomic E-state index is 14.1. The Morgan fingerprint density at radius 1 is 1.32 bits per heavy atom. The Balaban J connectivity index is 0.00000132. The molecule has 1 aliphatic heterocycles. The van der Waals surface area contributed by atoms with E-state index in [9.17, 15) is 19.1 Å². The average molecular weight is 447 g/mol. The molecular weight excluding hydrogens is 423 g/mol. The minimum absolute atomic E-state index is 0.180. The number of fused-ring (bicyclic) bond motifs is 4. The van der Waals surface area contributed by atoms with Crippen LogP contribution in [0.3, 0.4) is 0 Å². The highest BCUT2D eigenvalue weighted by molar-refractivity contribution is 6.18. The molecule has 0 bridgehead atoms. The normalized spacial score (nSPS) is 12.6. The second kappa shape index (κ2) is 9.16. The van der Waals surface area contributed by atoms with E-state index in [1.165, 1.54) is 17.6 Å². The standard InChI is InChI=1S/C21H18ClFN2O4.C2H6/c1-10-3-13-14(6-22)15-7-25-19(20(15)24-18(13)5-17(10)23)4-12(11(2)27)16(21(25)28)8-29-9-26;1-2/h3-5,9,11,27H,6-8H2,1-2H3;1-2H3. The number of halogens is 2. The van der Waals surface area contributed by atoms with E-state index in [4.69, 9.17) is 16.3 Å². The number of carbonyl (C=O) groups excluding carboxylic acids is 1. The predicted molar refractivity (Wildman–Crippen MR) is 118 cm³/mol. The van der Waals surface area contributed by atoms with Crippen LogP contribution in [0.15, 0.2) is 23.0 Å². The van der Waals surface area contributed by atoms with Gasteiger partial charge in [-0.2, -0.15) is 0 Å². The van der Waals surface area contributed by atoms with Gasteiger partial charge in [-0.15, -0.1) is 11.6 Å². The number of carbonyl (C=O) groups is 1. The summed E-state index contributed by atoms with van der Waals surface area (Å²) < 4.78 is 20.4. The first-order chi connectivity index (χ1) is 14.9. The monoisotopic (exact) mass is 446 g/mol. The molecule has 0 radical (unpaired) electrons. The molecule has 1 unspecified atom stereocenters. The molecule has 1 N–H and O–H groups in total. The molecule has 2 aromatic heterocycles. The third kappa shape index (κ3) is 3.83. The highest BCUT2D eigenvalue weighted by Crippen LogP contribution is 2.38. The van der Waals surface area contributed by atoms with Crippen LogP contribution in [-0.2, 0) is 28.6 Å². The summed E-state index contributed by atoms with van der Waals surface area (Å²) in [4.78, 5) is 28.3. The van der Waals surface area contributed by atoms with Gasteiger partial charge in [-0.05, 0) is 42.7 Å². The number of pyridine rings is 2. The topological polar surface area (TPSA) is 81.4 Å². The summed E-state index contributed by atoms with van der Waals surface area (Å²) in [6.45, 7) is 7.48. The first-order valence-corrected chi connectivity index (χ1v) is 10.6. The van der Waals surface area contributed by atoms with Gasteiger partial charge in [-0.1, -0.05) is 13.8 Å². The summed E-state index contributed by atoms with van der Waals surface area (Å²) in [6, 6.07) is 4.75. The van der Waals surface area contributed by atoms with Crippen molar-refractivity contribution in [1.82, 2.24) is 9.55 Å².